The van der Waals surface area contributed by atoms with Crippen molar-refractivity contribution in [1.82, 2.24) is 9.78 Å². The smallest absolute Gasteiger partial charge is 0.161 e. The molecular weight excluding hydrogens is 280 g/mol. The summed E-state index contributed by atoms with van der Waals surface area (Å²) in [6, 6.07) is 14.1. The minimum atomic E-state index is 0.0987. The normalized spacial score (nSPS) is 10.6. The fourth-order valence-corrected chi connectivity index (χ4v) is 2.38. The van der Waals surface area contributed by atoms with Gasteiger partial charge < -0.3 is 14.9 Å². The van der Waals surface area contributed by atoms with Crippen molar-refractivity contribution >= 4 is 0 Å². The number of ether oxygens (including phenoxy) is 1. The lowest BCUT2D eigenvalue weighted by atomic mass is 10.1. The summed E-state index contributed by atoms with van der Waals surface area (Å²) in [4.78, 5) is 0. The molecule has 5 heteroatoms. The molecule has 0 aliphatic rings. The first kappa shape index (κ1) is 14.0. The summed E-state index contributed by atoms with van der Waals surface area (Å²) in [5.74, 6) is 0.718. The molecule has 0 spiro atoms. The van der Waals surface area contributed by atoms with Crippen LogP contribution in [0.3, 0.4) is 0 Å². The molecule has 3 rings (SSSR count). The molecule has 5 nitrogen and oxygen atoms in total. The van der Waals surface area contributed by atoms with Crippen molar-refractivity contribution in [3.63, 3.8) is 0 Å². The van der Waals surface area contributed by atoms with Crippen molar-refractivity contribution in [2.45, 2.75) is 0 Å². The molecule has 0 saturated heterocycles. The SMILES string of the molecule is COc1cc(-c2cc(-c3cccc(O)c3)nn2C)ccc1O. The quantitative estimate of drug-likeness (QED) is 0.779. The third-order valence-corrected chi connectivity index (χ3v) is 3.50. The molecule has 0 atom stereocenters. The molecule has 0 amide bonds. The van der Waals surface area contributed by atoms with Gasteiger partial charge in [0.05, 0.1) is 18.5 Å². The molecule has 0 aliphatic carbocycles. The fraction of sp³-hybridized carbons (Fsp3) is 0.118. The van der Waals surface area contributed by atoms with Crippen LogP contribution in [0.15, 0.2) is 48.5 Å². The van der Waals surface area contributed by atoms with Crippen molar-refractivity contribution in [3.8, 4) is 39.8 Å². The van der Waals surface area contributed by atoms with Gasteiger partial charge in [-0.2, -0.15) is 5.10 Å². The van der Waals surface area contributed by atoms with Gasteiger partial charge in [-0.3, -0.25) is 4.68 Å². The number of aryl methyl sites for hydroxylation is 1. The number of phenols is 2. The Labute approximate surface area is 128 Å². The molecule has 1 heterocycles. The van der Waals surface area contributed by atoms with Gasteiger partial charge >= 0.3 is 0 Å². The summed E-state index contributed by atoms with van der Waals surface area (Å²) < 4.78 is 6.90. The van der Waals surface area contributed by atoms with Crippen LogP contribution in [0.25, 0.3) is 22.5 Å². The summed E-state index contributed by atoms with van der Waals surface area (Å²) in [5, 5.41) is 23.8. The number of benzene rings is 2. The average Bonchev–Trinajstić information content (AvgIpc) is 2.90. The van der Waals surface area contributed by atoms with E-state index in [9.17, 15) is 10.2 Å². The van der Waals surface area contributed by atoms with Gasteiger partial charge in [-0.15, -0.1) is 0 Å². The van der Waals surface area contributed by atoms with E-state index in [-0.39, 0.29) is 11.5 Å². The highest BCUT2D eigenvalue weighted by Gasteiger charge is 2.12. The highest BCUT2D eigenvalue weighted by Crippen LogP contribution is 2.33. The maximum Gasteiger partial charge on any atom is 0.161 e. The van der Waals surface area contributed by atoms with Gasteiger partial charge in [0.25, 0.3) is 0 Å². The molecule has 2 aromatic carbocycles. The molecule has 0 aliphatic heterocycles. The molecule has 0 fully saturated rings. The van der Waals surface area contributed by atoms with Gasteiger partial charge in [-0.25, -0.2) is 0 Å². The van der Waals surface area contributed by atoms with E-state index in [1.165, 1.54) is 7.11 Å². The Hall–Kier alpha value is -2.95. The lowest BCUT2D eigenvalue weighted by Crippen LogP contribution is -1.94. The lowest BCUT2D eigenvalue weighted by molar-refractivity contribution is 0.373. The van der Waals surface area contributed by atoms with Crippen molar-refractivity contribution in [1.29, 1.82) is 0 Å². The number of hydrogen-bond acceptors (Lipinski definition) is 4. The summed E-state index contributed by atoms with van der Waals surface area (Å²) in [5.41, 5.74) is 3.38. The van der Waals surface area contributed by atoms with Gasteiger partial charge in [0.2, 0.25) is 0 Å². The Morgan fingerprint density at radius 3 is 2.55 bits per heavy atom. The standard InChI is InChI=1S/C17H16N2O3/c1-19-15(12-6-7-16(21)17(9-12)22-2)10-14(18-19)11-4-3-5-13(20)8-11/h3-10,20-21H,1-2H3. The highest BCUT2D eigenvalue weighted by atomic mass is 16.5. The van der Waals surface area contributed by atoms with Crippen molar-refractivity contribution < 1.29 is 14.9 Å². The molecule has 0 bridgehead atoms. The summed E-state index contributed by atoms with van der Waals surface area (Å²) >= 11 is 0. The molecule has 22 heavy (non-hydrogen) atoms. The topological polar surface area (TPSA) is 67.5 Å². The second-order valence-electron chi connectivity index (χ2n) is 4.98. The van der Waals surface area contributed by atoms with E-state index >= 15 is 0 Å². The minimum absolute atomic E-state index is 0.0987. The predicted molar refractivity (Wildman–Crippen MR) is 84.0 cm³/mol. The molecule has 0 radical (unpaired) electrons. The monoisotopic (exact) mass is 296 g/mol. The van der Waals surface area contributed by atoms with Crippen molar-refractivity contribution in [2.24, 2.45) is 7.05 Å². The number of phenolic OH excluding ortho intramolecular Hbond substituents is 2. The number of nitrogens with zero attached hydrogens (tertiary/aromatic N) is 2. The van der Waals surface area contributed by atoms with Crippen LogP contribution in [0.2, 0.25) is 0 Å². The predicted octanol–water partition coefficient (Wildman–Crippen LogP) is 3.17. The average molecular weight is 296 g/mol. The zero-order valence-electron chi connectivity index (χ0n) is 12.3. The summed E-state index contributed by atoms with van der Waals surface area (Å²) in [7, 11) is 3.36. The Kier molecular flexibility index (Phi) is 3.47. The summed E-state index contributed by atoms with van der Waals surface area (Å²) in [6.45, 7) is 0. The molecule has 0 unspecified atom stereocenters. The zero-order chi connectivity index (χ0) is 15.7. The third-order valence-electron chi connectivity index (χ3n) is 3.50. The van der Waals surface area contributed by atoms with E-state index in [4.69, 9.17) is 4.74 Å². The molecule has 2 N–H and O–H groups in total. The van der Waals surface area contributed by atoms with Gasteiger partial charge in [-0.05, 0) is 36.4 Å². The maximum absolute atomic E-state index is 9.69. The third kappa shape index (κ3) is 2.48. The Morgan fingerprint density at radius 1 is 1.00 bits per heavy atom. The van der Waals surface area contributed by atoms with Gasteiger partial charge in [0.15, 0.2) is 11.5 Å². The highest BCUT2D eigenvalue weighted by molar-refractivity contribution is 5.71. The molecule has 1 aromatic heterocycles. The van der Waals surface area contributed by atoms with Crippen LogP contribution in [0.4, 0.5) is 0 Å². The molecule has 0 saturated carbocycles. The maximum atomic E-state index is 9.69. The van der Waals surface area contributed by atoms with Crippen LogP contribution in [-0.4, -0.2) is 27.1 Å². The van der Waals surface area contributed by atoms with E-state index in [2.05, 4.69) is 5.10 Å². The van der Waals surface area contributed by atoms with Gasteiger partial charge in [0, 0.05) is 18.2 Å². The Balaban J connectivity index is 2.06. The molecule has 112 valence electrons. The Morgan fingerprint density at radius 2 is 1.82 bits per heavy atom. The lowest BCUT2D eigenvalue weighted by Gasteiger charge is -2.06. The van der Waals surface area contributed by atoms with Gasteiger partial charge in [-0.1, -0.05) is 12.1 Å². The first-order chi connectivity index (χ1) is 10.6. The molecular formula is C17H16N2O3. The second-order valence-corrected chi connectivity index (χ2v) is 4.98. The van der Waals surface area contributed by atoms with E-state index in [0.29, 0.717) is 5.75 Å². The second kappa shape index (κ2) is 5.44. The van der Waals surface area contributed by atoms with E-state index in [0.717, 1.165) is 22.5 Å². The van der Waals surface area contributed by atoms with Crippen LogP contribution in [-0.2, 0) is 7.05 Å². The first-order valence-electron chi connectivity index (χ1n) is 6.79. The number of hydrogen-bond donors (Lipinski definition) is 2. The van der Waals surface area contributed by atoms with Crippen LogP contribution in [0.5, 0.6) is 17.2 Å². The first-order valence-corrected chi connectivity index (χ1v) is 6.79. The van der Waals surface area contributed by atoms with E-state index < -0.39 is 0 Å². The van der Waals surface area contributed by atoms with E-state index in [1.807, 2.05) is 19.2 Å². The zero-order valence-corrected chi connectivity index (χ0v) is 12.3. The van der Waals surface area contributed by atoms with Crippen molar-refractivity contribution in [2.75, 3.05) is 7.11 Å². The molecule has 3 aromatic rings. The number of rotatable bonds is 3. The van der Waals surface area contributed by atoms with Crippen LogP contribution < -0.4 is 4.74 Å². The largest absolute Gasteiger partial charge is 0.508 e. The minimum Gasteiger partial charge on any atom is -0.508 e. The number of methoxy groups -OCH3 is 1. The summed E-state index contributed by atoms with van der Waals surface area (Å²) in [6.07, 6.45) is 0. The van der Waals surface area contributed by atoms with Crippen LogP contribution >= 0.6 is 0 Å². The van der Waals surface area contributed by atoms with Crippen LogP contribution in [0, 0.1) is 0 Å². The number of aromatic hydroxyl groups is 2. The van der Waals surface area contributed by atoms with E-state index in [1.54, 1.807) is 41.1 Å². The Bertz CT molecular complexity index is 825. The van der Waals surface area contributed by atoms with Gasteiger partial charge in [0.1, 0.15) is 5.75 Å². The fourth-order valence-electron chi connectivity index (χ4n) is 2.38. The van der Waals surface area contributed by atoms with Crippen molar-refractivity contribution in [3.05, 3.63) is 48.5 Å². The van der Waals surface area contributed by atoms with Crippen LogP contribution in [0.1, 0.15) is 0 Å². The number of aromatic nitrogens is 2.